The van der Waals surface area contributed by atoms with Crippen LogP contribution in [0.4, 0.5) is 0 Å². The van der Waals surface area contributed by atoms with Gasteiger partial charge in [-0.25, -0.2) is 9.67 Å². The maximum absolute atomic E-state index is 12.6. The van der Waals surface area contributed by atoms with E-state index in [1.807, 2.05) is 34.6 Å². The highest BCUT2D eigenvalue weighted by atomic mass is 16.4. The molecule has 1 amide bonds. The minimum Gasteiger partial charge on any atom is -0.481 e. The molecule has 25 heavy (non-hydrogen) atoms. The molecule has 2 aromatic heterocycles. The van der Waals surface area contributed by atoms with E-state index in [1.165, 1.54) is 0 Å². The topological polar surface area (TPSA) is 97.1 Å². The number of hydrogen-bond acceptors (Lipinski definition) is 4. The Morgan fingerprint density at radius 1 is 1.28 bits per heavy atom. The van der Waals surface area contributed by atoms with Crippen LogP contribution in [0.3, 0.4) is 0 Å². The van der Waals surface area contributed by atoms with Gasteiger partial charge in [-0.05, 0) is 39.2 Å². The lowest BCUT2D eigenvalue weighted by atomic mass is 9.97. The van der Waals surface area contributed by atoms with Gasteiger partial charge >= 0.3 is 5.97 Å². The fraction of sp³-hybridized carbons (Fsp3) is 0.556. The predicted molar refractivity (Wildman–Crippen MR) is 95.6 cm³/mol. The van der Waals surface area contributed by atoms with Crippen molar-refractivity contribution in [1.82, 2.24) is 20.1 Å². The second-order valence-electron chi connectivity index (χ2n) is 7.11. The third-order valence-corrected chi connectivity index (χ3v) is 4.04. The third-order valence-electron chi connectivity index (χ3n) is 4.04. The minimum atomic E-state index is -0.891. The first kappa shape index (κ1) is 18.9. The van der Waals surface area contributed by atoms with Crippen molar-refractivity contribution in [2.24, 2.45) is 11.8 Å². The van der Waals surface area contributed by atoms with Crippen LogP contribution in [0, 0.1) is 18.8 Å². The number of aromatic nitrogens is 3. The van der Waals surface area contributed by atoms with Gasteiger partial charge in [0.1, 0.15) is 0 Å². The van der Waals surface area contributed by atoms with Crippen molar-refractivity contribution in [3.05, 3.63) is 23.5 Å². The Morgan fingerprint density at radius 2 is 1.96 bits per heavy atom. The lowest BCUT2D eigenvalue weighted by Gasteiger charge is -2.16. The number of aliphatic carboxylic acids is 1. The summed E-state index contributed by atoms with van der Waals surface area (Å²) in [5, 5.41) is 17.1. The molecule has 0 saturated carbocycles. The van der Waals surface area contributed by atoms with Crippen molar-refractivity contribution in [3.8, 4) is 0 Å². The van der Waals surface area contributed by atoms with E-state index in [0.717, 1.165) is 5.69 Å². The first-order chi connectivity index (χ1) is 11.7. The fourth-order valence-electron chi connectivity index (χ4n) is 2.86. The van der Waals surface area contributed by atoms with Crippen LogP contribution < -0.4 is 5.32 Å². The number of rotatable bonds is 7. The van der Waals surface area contributed by atoms with Crippen molar-refractivity contribution in [1.29, 1.82) is 0 Å². The molecule has 7 nitrogen and oxygen atoms in total. The molecule has 0 aliphatic carbocycles. The number of aryl methyl sites for hydroxylation is 1. The van der Waals surface area contributed by atoms with Gasteiger partial charge in [0, 0.05) is 18.3 Å². The highest BCUT2D eigenvalue weighted by Crippen LogP contribution is 2.21. The molecule has 2 aromatic rings. The zero-order valence-corrected chi connectivity index (χ0v) is 15.4. The first-order valence-corrected chi connectivity index (χ1v) is 8.56. The molecule has 0 radical (unpaired) electrons. The fourth-order valence-corrected chi connectivity index (χ4v) is 2.86. The number of hydrogen-bond donors (Lipinski definition) is 2. The zero-order valence-electron chi connectivity index (χ0n) is 15.4. The number of carbonyl (C=O) groups excluding carboxylic acids is 1. The van der Waals surface area contributed by atoms with Crippen LogP contribution in [0.5, 0.6) is 0 Å². The van der Waals surface area contributed by atoms with Crippen LogP contribution >= 0.6 is 0 Å². The maximum atomic E-state index is 12.6. The molecule has 0 aromatic carbocycles. The van der Waals surface area contributed by atoms with Gasteiger partial charge in [0.05, 0.1) is 23.1 Å². The third kappa shape index (κ3) is 4.35. The Balaban J connectivity index is 2.26. The van der Waals surface area contributed by atoms with Crippen LogP contribution in [-0.4, -0.2) is 38.3 Å². The quantitative estimate of drug-likeness (QED) is 0.803. The standard InChI is InChI=1S/C18H26N4O3/c1-10(2)6-13(18(24)25)8-19-17(23)14-7-12(5)21-16-15(14)9-20-22(16)11(3)4/h7,9-11,13H,6,8H2,1-5H3,(H,19,23)(H,24,25). The molecule has 2 rings (SSSR count). The lowest BCUT2D eigenvalue weighted by molar-refractivity contribution is -0.142. The number of amides is 1. The van der Waals surface area contributed by atoms with Crippen molar-refractivity contribution in [2.45, 2.75) is 47.1 Å². The summed E-state index contributed by atoms with van der Waals surface area (Å²) in [4.78, 5) is 28.5. The van der Waals surface area contributed by atoms with Crippen LogP contribution in [0.15, 0.2) is 12.3 Å². The van der Waals surface area contributed by atoms with Gasteiger partial charge in [0.2, 0.25) is 0 Å². The van der Waals surface area contributed by atoms with E-state index in [4.69, 9.17) is 0 Å². The van der Waals surface area contributed by atoms with Gasteiger partial charge in [0.25, 0.3) is 5.91 Å². The summed E-state index contributed by atoms with van der Waals surface area (Å²) in [6.45, 7) is 9.86. The van der Waals surface area contributed by atoms with E-state index in [-0.39, 0.29) is 24.4 Å². The number of fused-ring (bicyclic) bond motifs is 1. The van der Waals surface area contributed by atoms with Gasteiger partial charge in [0.15, 0.2) is 5.65 Å². The van der Waals surface area contributed by atoms with Gasteiger partial charge in [-0.1, -0.05) is 13.8 Å². The molecule has 2 N–H and O–H groups in total. The summed E-state index contributed by atoms with van der Waals surface area (Å²) in [6, 6.07) is 1.84. The lowest BCUT2D eigenvalue weighted by Crippen LogP contribution is -2.33. The molecule has 1 atom stereocenters. The summed E-state index contributed by atoms with van der Waals surface area (Å²) in [5.41, 5.74) is 1.86. The molecule has 0 aliphatic rings. The van der Waals surface area contributed by atoms with Crippen molar-refractivity contribution in [3.63, 3.8) is 0 Å². The summed E-state index contributed by atoms with van der Waals surface area (Å²) in [6.07, 6.45) is 2.16. The molecule has 0 bridgehead atoms. The molecule has 0 saturated heterocycles. The average molecular weight is 346 g/mol. The summed E-state index contributed by atoms with van der Waals surface area (Å²) >= 11 is 0. The summed E-state index contributed by atoms with van der Waals surface area (Å²) in [5.74, 6) is -1.54. The largest absolute Gasteiger partial charge is 0.481 e. The molecule has 1 unspecified atom stereocenters. The van der Waals surface area contributed by atoms with E-state index in [2.05, 4.69) is 15.4 Å². The van der Waals surface area contributed by atoms with E-state index in [0.29, 0.717) is 23.0 Å². The van der Waals surface area contributed by atoms with Gasteiger partial charge in [-0.3, -0.25) is 9.59 Å². The first-order valence-electron chi connectivity index (χ1n) is 8.56. The number of nitrogens with one attached hydrogen (secondary N) is 1. The smallest absolute Gasteiger partial charge is 0.308 e. The highest BCUT2D eigenvalue weighted by Gasteiger charge is 2.22. The van der Waals surface area contributed by atoms with E-state index < -0.39 is 11.9 Å². The molecule has 0 spiro atoms. The Labute approximate surface area is 147 Å². The maximum Gasteiger partial charge on any atom is 0.308 e. The van der Waals surface area contributed by atoms with E-state index >= 15 is 0 Å². The number of nitrogens with zero attached hydrogens (tertiary/aromatic N) is 3. The number of pyridine rings is 1. The molecule has 2 heterocycles. The van der Waals surface area contributed by atoms with Gasteiger partial charge < -0.3 is 10.4 Å². The Kier molecular flexibility index (Phi) is 5.77. The molecule has 7 heteroatoms. The molecule has 0 fully saturated rings. The minimum absolute atomic E-state index is 0.105. The van der Waals surface area contributed by atoms with Crippen molar-refractivity contribution < 1.29 is 14.7 Å². The van der Waals surface area contributed by atoms with Crippen LogP contribution in [0.1, 0.15) is 56.2 Å². The number of carbonyl (C=O) groups is 2. The number of carboxylic acids is 1. The van der Waals surface area contributed by atoms with Crippen LogP contribution in [-0.2, 0) is 4.79 Å². The normalized spacial score (nSPS) is 12.8. The zero-order chi connectivity index (χ0) is 18.7. The van der Waals surface area contributed by atoms with Crippen LogP contribution in [0.25, 0.3) is 11.0 Å². The summed E-state index contributed by atoms with van der Waals surface area (Å²) < 4.78 is 1.78. The van der Waals surface area contributed by atoms with E-state index in [9.17, 15) is 14.7 Å². The van der Waals surface area contributed by atoms with Gasteiger partial charge in [-0.2, -0.15) is 5.10 Å². The van der Waals surface area contributed by atoms with E-state index in [1.54, 1.807) is 16.9 Å². The number of carboxylic acid groups (broad SMARTS) is 1. The Morgan fingerprint density at radius 3 is 2.52 bits per heavy atom. The van der Waals surface area contributed by atoms with Crippen molar-refractivity contribution >= 4 is 22.9 Å². The Bertz CT molecular complexity index is 780. The molecular formula is C18H26N4O3. The predicted octanol–water partition coefficient (Wildman–Crippen LogP) is 2.80. The second-order valence-corrected chi connectivity index (χ2v) is 7.11. The molecular weight excluding hydrogens is 320 g/mol. The van der Waals surface area contributed by atoms with Crippen molar-refractivity contribution in [2.75, 3.05) is 6.54 Å². The average Bonchev–Trinajstić information content (AvgIpc) is 2.93. The summed E-state index contributed by atoms with van der Waals surface area (Å²) in [7, 11) is 0. The van der Waals surface area contributed by atoms with Crippen LogP contribution in [0.2, 0.25) is 0 Å². The highest BCUT2D eigenvalue weighted by molar-refractivity contribution is 6.05. The van der Waals surface area contributed by atoms with Gasteiger partial charge in [-0.15, -0.1) is 0 Å². The molecule has 0 aliphatic heterocycles. The Hall–Kier alpha value is -2.44. The second kappa shape index (κ2) is 7.63. The molecule has 136 valence electrons. The monoisotopic (exact) mass is 346 g/mol. The SMILES string of the molecule is Cc1cc(C(=O)NCC(CC(C)C)C(=O)O)c2cnn(C(C)C)c2n1.